The Morgan fingerprint density at radius 2 is 1.42 bits per heavy atom. The number of morpholine rings is 1. The van der Waals surface area contributed by atoms with Gasteiger partial charge in [-0.3, -0.25) is 4.90 Å². The van der Waals surface area contributed by atoms with Crippen LogP contribution < -0.4 is 5.32 Å². The van der Waals surface area contributed by atoms with E-state index in [0.717, 1.165) is 11.1 Å². The molecule has 2 saturated heterocycles. The second-order valence-corrected chi connectivity index (χ2v) is 8.27. The molecule has 2 bridgehead atoms. The van der Waals surface area contributed by atoms with Gasteiger partial charge in [0.1, 0.15) is 18.8 Å². The van der Waals surface area contributed by atoms with E-state index >= 15 is 0 Å². The minimum Gasteiger partial charge on any atom is -0.480 e. The zero-order chi connectivity index (χ0) is 23.3. The summed E-state index contributed by atoms with van der Waals surface area (Å²) in [5.41, 5.74) is 0.0774. The number of aliphatic carboxylic acids is 1. The fourth-order valence-corrected chi connectivity index (χ4v) is 4.38. The summed E-state index contributed by atoms with van der Waals surface area (Å²) in [6.45, 7) is 0.459. The van der Waals surface area contributed by atoms with Crippen molar-refractivity contribution in [2.75, 3.05) is 13.2 Å². The Kier molecular flexibility index (Phi) is 6.79. The fraction of sp³-hybridized carbons (Fsp3) is 0.375. The zero-order valence-corrected chi connectivity index (χ0v) is 18.0. The Morgan fingerprint density at radius 1 is 0.909 bits per heavy atom. The number of amides is 2. The average molecular weight is 454 g/mol. The highest BCUT2D eigenvalue weighted by atomic mass is 16.6. The highest BCUT2D eigenvalue weighted by Gasteiger charge is 2.54. The number of carbonyl (C=O) groups is 3. The number of carbonyl (C=O) groups excluding carboxylic acids is 2. The lowest BCUT2D eigenvalue weighted by molar-refractivity contribution is -0.154. The van der Waals surface area contributed by atoms with Crippen LogP contribution in [0.4, 0.5) is 9.59 Å². The van der Waals surface area contributed by atoms with Gasteiger partial charge in [-0.25, -0.2) is 14.4 Å². The number of fused-ring (bicyclic) bond motifs is 2. The molecule has 4 rings (SSSR count). The van der Waals surface area contributed by atoms with Gasteiger partial charge in [-0.05, 0) is 11.1 Å². The van der Waals surface area contributed by atoms with Gasteiger partial charge >= 0.3 is 18.2 Å². The van der Waals surface area contributed by atoms with Gasteiger partial charge in [0, 0.05) is 12.8 Å². The summed E-state index contributed by atoms with van der Waals surface area (Å²) in [5, 5.41) is 12.6. The molecule has 33 heavy (non-hydrogen) atoms. The first kappa shape index (κ1) is 22.6. The van der Waals surface area contributed by atoms with E-state index in [9.17, 15) is 19.5 Å². The summed E-state index contributed by atoms with van der Waals surface area (Å²) >= 11 is 0. The van der Waals surface area contributed by atoms with E-state index in [1.807, 2.05) is 60.7 Å². The largest absolute Gasteiger partial charge is 0.480 e. The lowest BCUT2D eigenvalue weighted by atomic mass is 9.78. The smallest absolute Gasteiger partial charge is 0.410 e. The first-order valence-electron chi connectivity index (χ1n) is 10.8. The van der Waals surface area contributed by atoms with Gasteiger partial charge in [0.2, 0.25) is 0 Å². The van der Waals surface area contributed by atoms with Gasteiger partial charge in [0.15, 0.2) is 0 Å². The van der Waals surface area contributed by atoms with E-state index in [1.165, 1.54) is 0 Å². The maximum atomic E-state index is 12.8. The van der Waals surface area contributed by atoms with Crippen molar-refractivity contribution in [1.29, 1.82) is 0 Å². The van der Waals surface area contributed by atoms with Crippen molar-refractivity contribution in [2.45, 2.75) is 43.7 Å². The maximum Gasteiger partial charge on any atom is 0.410 e. The second-order valence-electron chi connectivity index (χ2n) is 8.27. The molecule has 0 aliphatic carbocycles. The van der Waals surface area contributed by atoms with Crippen LogP contribution in [0.1, 0.15) is 24.0 Å². The van der Waals surface area contributed by atoms with E-state index in [-0.39, 0.29) is 39.3 Å². The van der Waals surface area contributed by atoms with Crippen molar-refractivity contribution in [3.8, 4) is 0 Å². The van der Waals surface area contributed by atoms with Crippen molar-refractivity contribution < 1.29 is 33.7 Å². The van der Waals surface area contributed by atoms with E-state index < -0.39 is 35.8 Å². The molecule has 2 aliphatic heterocycles. The van der Waals surface area contributed by atoms with E-state index in [1.54, 1.807) is 4.90 Å². The minimum atomic E-state index is -1.57. The second kappa shape index (κ2) is 9.91. The number of carboxylic acids is 1. The highest BCUT2D eigenvalue weighted by molar-refractivity contribution is 5.85. The number of hydrogen-bond acceptors (Lipinski definition) is 6. The summed E-state index contributed by atoms with van der Waals surface area (Å²) in [6.07, 6.45) is -1.37. The minimum absolute atomic E-state index is 0.0142. The van der Waals surface area contributed by atoms with Crippen LogP contribution >= 0.6 is 0 Å². The van der Waals surface area contributed by atoms with Crippen molar-refractivity contribution in [3.63, 3.8) is 0 Å². The molecule has 2 amide bonds. The number of benzene rings is 2. The Bertz CT molecular complexity index is 969. The van der Waals surface area contributed by atoms with Crippen molar-refractivity contribution in [2.24, 2.45) is 0 Å². The average Bonchev–Trinajstić information content (AvgIpc) is 2.82. The molecular weight excluding hydrogens is 428 g/mol. The Balaban J connectivity index is 1.41. The maximum absolute atomic E-state index is 12.8. The third-order valence-electron chi connectivity index (χ3n) is 5.95. The topological polar surface area (TPSA) is 114 Å². The van der Waals surface area contributed by atoms with Crippen LogP contribution in [-0.2, 0) is 32.2 Å². The van der Waals surface area contributed by atoms with Gasteiger partial charge in [-0.2, -0.15) is 0 Å². The Morgan fingerprint density at radius 3 is 1.94 bits per heavy atom. The van der Waals surface area contributed by atoms with Gasteiger partial charge in [-0.1, -0.05) is 60.7 Å². The molecule has 2 N–H and O–H groups in total. The molecule has 0 radical (unpaired) electrons. The summed E-state index contributed by atoms with van der Waals surface area (Å²) in [5.74, 6) is -1.17. The van der Waals surface area contributed by atoms with Gasteiger partial charge in [-0.15, -0.1) is 0 Å². The number of hydrogen-bond donors (Lipinski definition) is 2. The molecule has 2 aliphatic rings. The molecule has 2 unspecified atom stereocenters. The predicted molar refractivity (Wildman–Crippen MR) is 116 cm³/mol. The number of ether oxygens (including phenoxy) is 3. The summed E-state index contributed by atoms with van der Waals surface area (Å²) in [7, 11) is 0. The SMILES string of the molecule is O=C(NC1(C(=O)O)CC2COCC(C1)N2C(=O)OCc1ccccc1)OCc1ccccc1. The first-order chi connectivity index (χ1) is 16.0. The molecular formula is C24H26N2O7. The number of alkyl carbamates (subject to hydrolysis) is 1. The summed E-state index contributed by atoms with van der Waals surface area (Å²) in [4.78, 5) is 39.1. The highest BCUT2D eigenvalue weighted by Crippen LogP contribution is 2.35. The number of nitrogens with one attached hydrogen (secondary N) is 1. The van der Waals surface area contributed by atoms with Gasteiger partial charge in [0.05, 0.1) is 25.3 Å². The lowest BCUT2D eigenvalue weighted by Gasteiger charge is -2.50. The lowest BCUT2D eigenvalue weighted by Crippen LogP contribution is -2.69. The van der Waals surface area contributed by atoms with Crippen LogP contribution in [0.25, 0.3) is 0 Å². The molecule has 2 heterocycles. The van der Waals surface area contributed by atoms with E-state index in [4.69, 9.17) is 14.2 Å². The molecule has 2 aromatic rings. The first-order valence-corrected chi connectivity index (χ1v) is 10.8. The van der Waals surface area contributed by atoms with Gasteiger partial charge < -0.3 is 24.6 Å². The normalized spacial score (nSPS) is 23.9. The Hall–Kier alpha value is -3.59. The van der Waals surface area contributed by atoms with Crippen molar-refractivity contribution in [3.05, 3.63) is 71.8 Å². The van der Waals surface area contributed by atoms with Crippen LogP contribution in [0.3, 0.4) is 0 Å². The molecule has 174 valence electrons. The summed E-state index contributed by atoms with van der Waals surface area (Å²) in [6, 6.07) is 17.3. The van der Waals surface area contributed by atoms with Crippen LogP contribution in [0, 0.1) is 0 Å². The van der Waals surface area contributed by atoms with Crippen LogP contribution in [0.2, 0.25) is 0 Å². The number of piperidine rings is 1. The molecule has 0 aromatic heterocycles. The quantitative estimate of drug-likeness (QED) is 0.690. The summed E-state index contributed by atoms with van der Waals surface area (Å²) < 4.78 is 16.3. The van der Waals surface area contributed by atoms with Crippen molar-refractivity contribution >= 4 is 18.2 Å². The monoisotopic (exact) mass is 454 g/mol. The Labute approximate surface area is 191 Å². The molecule has 2 atom stereocenters. The molecule has 9 heteroatoms. The fourth-order valence-electron chi connectivity index (χ4n) is 4.38. The standard InChI is InChI=1S/C24H26N2O7/c27-21(28)24(25-22(29)32-13-17-7-3-1-4-8-17)11-19-15-31-16-20(12-24)26(19)23(30)33-14-18-9-5-2-6-10-18/h1-10,19-20H,11-16H2,(H,25,29)(H,27,28). The third-order valence-corrected chi connectivity index (χ3v) is 5.95. The van der Waals surface area contributed by atoms with Crippen LogP contribution in [0.15, 0.2) is 60.7 Å². The third kappa shape index (κ3) is 5.25. The molecule has 0 spiro atoms. The zero-order valence-electron chi connectivity index (χ0n) is 18.0. The molecule has 2 fully saturated rings. The van der Waals surface area contributed by atoms with Crippen LogP contribution in [-0.4, -0.2) is 59.0 Å². The molecule has 0 saturated carbocycles. The molecule has 9 nitrogen and oxygen atoms in total. The van der Waals surface area contributed by atoms with Crippen LogP contribution in [0.5, 0.6) is 0 Å². The van der Waals surface area contributed by atoms with Crippen molar-refractivity contribution in [1.82, 2.24) is 10.2 Å². The number of carboxylic acid groups (broad SMARTS) is 1. The van der Waals surface area contributed by atoms with Gasteiger partial charge in [0.25, 0.3) is 0 Å². The molecule has 2 aromatic carbocycles. The van der Waals surface area contributed by atoms with E-state index in [2.05, 4.69) is 5.32 Å². The number of rotatable bonds is 6. The van der Waals surface area contributed by atoms with E-state index in [0.29, 0.717) is 0 Å². The predicted octanol–water partition coefficient (Wildman–Crippen LogP) is 2.94. The number of nitrogens with zero attached hydrogens (tertiary/aromatic N) is 1.